The van der Waals surface area contributed by atoms with Crippen LogP contribution in [0.25, 0.3) is 0 Å². The first-order chi connectivity index (χ1) is 9.58. The number of nitrogens with one attached hydrogen (secondary N) is 2. The molecule has 0 aromatic carbocycles. The van der Waals surface area contributed by atoms with Gasteiger partial charge in [0.25, 0.3) is 5.91 Å². The van der Waals surface area contributed by atoms with Crippen LogP contribution in [0.5, 0.6) is 0 Å². The van der Waals surface area contributed by atoms with Crippen LogP contribution < -0.4 is 16.4 Å². The largest absolute Gasteiger partial charge is 0.459 e. The summed E-state index contributed by atoms with van der Waals surface area (Å²) in [7, 11) is 0. The highest BCUT2D eigenvalue weighted by atomic mass is 35.5. The minimum Gasteiger partial charge on any atom is -0.459 e. The van der Waals surface area contributed by atoms with E-state index >= 15 is 0 Å². The van der Waals surface area contributed by atoms with Crippen molar-refractivity contribution in [1.82, 2.24) is 10.6 Å². The van der Waals surface area contributed by atoms with E-state index in [-0.39, 0.29) is 30.1 Å². The van der Waals surface area contributed by atoms with E-state index in [4.69, 9.17) is 10.2 Å². The van der Waals surface area contributed by atoms with E-state index < -0.39 is 11.9 Å². The number of hydrogen-bond donors (Lipinski definition) is 3. The summed E-state index contributed by atoms with van der Waals surface area (Å²) in [5.41, 5.74) is 5.62. The Morgan fingerprint density at radius 1 is 1.38 bits per heavy atom. The quantitative estimate of drug-likeness (QED) is 0.676. The van der Waals surface area contributed by atoms with Crippen molar-refractivity contribution in [2.45, 2.75) is 45.2 Å². The fraction of sp³-hybridized carbons (Fsp3) is 0.571. The van der Waals surface area contributed by atoms with Crippen LogP contribution in [-0.2, 0) is 4.79 Å². The van der Waals surface area contributed by atoms with Crippen molar-refractivity contribution >= 4 is 24.2 Å². The average Bonchev–Trinajstić information content (AvgIpc) is 2.97. The van der Waals surface area contributed by atoms with Gasteiger partial charge < -0.3 is 20.8 Å². The van der Waals surface area contributed by atoms with Crippen molar-refractivity contribution in [3.63, 3.8) is 0 Å². The van der Waals surface area contributed by atoms with E-state index in [0.29, 0.717) is 6.54 Å². The standard InChI is InChI=1S/C14H23N3O3.ClH/c1-3-4-6-11(9-15)17-13(18)10(2)16-14(19)12-7-5-8-20-12;/h5,7-8,10-11H,3-4,6,9,15H2,1-2H3,(H,16,19)(H,17,18);1H. The van der Waals surface area contributed by atoms with Gasteiger partial charge in [-0.15, -0.1) is 12.4 Å². The fourth-order valence-electron chi connectivity index (χ4n) is 1.77. The molecule has 21 heavy (non-hydrogen) atoms. The summed E-state index contributed by atoms with van der Waals surface area (Å²) in [5.74, 6) is -0.460. The molecule has 2 unspecified atom stereocenters. The number of furan rings is 1. The predicted molar refractivity (Wildman–Crippen MR) is 83.4 cm³/mol. The zero-order valence-electron chi connectivity index (χ0n) is 12.4. The summed E-state index contributed by atoms with van der Waals surface area (Å²) in [6.07, 6.45) is 4.32. The van der Waals surface area contributed by atoms with E-state index in [1.54, 1.807) is 19.1 Å². The Labute approximate surface area is 131 Å². The summed E-state index contributed by atoms with van der Waals surface area (Å²) in [4.78, 5) is 23.7. The smallest absolute Gasteiger partial charge is 0.287 e. The van der Waals surface area contributed by atoms with Gasteiger partial charge in [-0.1, -0.05) is 19.8 Å². The van der Waals surface area contributed by atoms with Crippen molar-refractivity contribution in [2.75, 3.05) is 6.54 Å². The maximum atomic E-state index is 12.0. The van der Waals surface area contributed by atoms with Gasteiger partial charge in [-0.2, -0.15) is 0 Å². The first kappa shape index (κ1) is 19.5. The second-order valence-corrected chi connectivity index (χ2v) is 4.76. The Balaban J connectivity index is 0.00000400. The van der Waals surface area contributed by atoms with Crippen LogP contribution in [0.2, 0.25) is 0 Å². The summed E-state index contributed by atoms with van der Waals surface area (Å²) in [5, 5.41) is 5.42. The predicted octanol–water partition coefficient (Wildman–Crippen LogP) is 1.45. The summed E-state index contributed by atoms with van der Waals surface area (Å²) < 4.78 is 4.97. The number of halogens is 1. The lowest BCUT2D eigenvalue weighted by molar-refractivity contribution is -0.123. The Morgan fingerprint density at radius 3 is 2.62 bits per heavy atom. The molecule has 2 atom stereocenters. The van der Waals surface area contributed by atoms with Gasteiger partial charge in [0.1, 0.15) is 6.04 Å². The zero-order chi connectivity index (χ0) is 15.0. The van der Waals surface area contributed by atoms with E-state index in [1.165, 1.54) is 6.26 Å². The molecule has 2 amide bonds. The molecule has 6 nitrogen and oxygen atoms in total. The monoisotopic (exact) mass is 317 g/mol. The molecule has 7 heteroatoms. The van der Waals surface area contributed by atoms with Crippen LogP contribution in [0.4, 0.5) is 0 Å². The number of carbonyl (C=O) groups excluding carboxylic acids is 2. The van der Waals surface area contributed by atoms with Crippen LogP contribution in [0.3, 0.4) is 0 Å². The van der Waals surface area contributed by atoms with Gasteiger partial charge in [0.05, 0.1) is 6.26 Å². The molecule has 0 aliphatic rings. The second kappa shape index (κ2) is 10.2. The summed E-state index contributed by atoms with van der Waals surface area (Å²) in [6.45, 7) is 4.11. The topological polar surface area (TPSA) is 97.4 Å². The van der Waals surface area contributed by atoms with Crippen LogP contribution >= 0.6 is 12.4 Å². The molecule has 1 aromatic rings. The molecule has 0 radical (unpaired) electrons. The molecular weight excluding hydrogens is 294 g/mol. The number of rotatable bonds is 8. The molecule has 1 rings (SSSR count). The van der Waals surface area contributed by atoms with Crippen molar-refractivity contribution < 1.29 is 14.0 Å². The molecule has 0 bridgehead atoms. The number of amides is 2. The highest BCUT2D eigenvalue weighted by molar-refractivity contribution is 5.95. The molecule has 1 heterocycles. The maximum absolute atomic E-state index is 12.0. The van der Waals surface area contributed by atoms with Crippen LogP contribution in [0, 0.1) is 0 Å². The first-order valence-corrected chi connectivity index (χ1v) is 6.93. The third-order valence-electron chi connectivity index (χ3n) is 3.02. The minimum atomic E-state index is -0.636. The molecule has 0 saturated carbocycles. The number of unbranched alkanes of at least 4 members (excludes halogenated alkanes) is 1. The van der Waals surface area contributed by atoms with Crippen LogP contribution in [0.15, 0.2) is 22.8 Å². The lowest BCUT2D eigenvalue weighted by Gasteiger charge is -2.20. The zero-order valence-corrected chi connectivity index (χ0v) is 13.2. The first-order valence-electron chi connectivity index (χ1n) is 6.93. The van der Waals surface area contributed by atoms with Crippen LogP contribution in [0.1, 0.15) is 43.7 Å². The average molecular weight is 318 g/mol. The van der Waals surface area contributed by atoms with E-state index in [0.717, 1.165) is 19.3 Å². The Kier molecular flexibility index (Phi) is 9.49. The molecule has 1 aromatic heterocycles. The summed E-state index contributed by atoms with van der Waals surface area (Å²) >= 11 is 0. The Hall–Kier alpha value is -1.53. The lowest BCUT2D eigenvalue weighted by Crippen LogP contribution is -2.49. The molecule has 4 N–H and O–H groups in total. The molecule has 0 spiro atoms. The molecule has 120 valence electrons. The van der Waals surface area contributed by atoms with Crippen molar-refractivity contribution in [2.24, 2.45) is 5.73 Å². The van der Waals surface area contributed by atoms with Gasteiger partial charge in [-0.05, 0) is 25.5 Å². The lowest BCUT2D eigenvalue weighted by atomic mass is 10.1. The summed E-state index contributed by atoms with van der Waals surface area (Å²) in [6, 6.07) is 2.48. The molecule has 0 saturated heterocycles. The molecule has 0 aliphatic carbocycles. The second-order valence-electron chi connectivity index (χ2n) is 4.76. The maximum Gasteiger partial charge on any atom is 0.287 e. The van der Waals surface area contributed by atoms with E-state index in [2.05, 4.69) is 17.6 Å². The molecule has 0 aliphatic heterocycles. The third kappa shape index (κ3) is 6.64. The fourth-order valence-corrected chi connectivity index (χ4v) is 1.77. The molecule has 0 fully saturated rings. The highest BCUT2D eigenvalue weighted by Gasteiger charge is 2.20. The van der Waals surface area contributed by atoms with Crippen LogP contribution in [-0.4, -0.2) is 30.4 Å². The third-order valence-corrected chi connectivity index (χ3v) is 3.02. The number of carbonyl (C=O) groups is 2. The normalized spacial score (nSPS) is 12.9. The van der Waals surface area contributed by atoms with Gasteiger partial charge >= 0.3 is 0 Å². The van der Waals surface area contributed by atoms with E-state index in [1.807, 2.05) is 0 Å². The van der Waals surface area contributed by atoms with Crippen molar-refractivity contribution in [1.29, 1.82) is 0 Å². The minimum absolute atomic E-state index is 0. The van der Waals surface area contributed by atoms with Crippen molar-refractivity contribution in [3.05, 3.63) is 24.2 Å². The highest BCUT2D eigenvalue weighted by Crippen LogP contribution is 2.02. The number of hydrogen-bond acceptors (Lipinski definition) is 4. The van der Waals surface area contributed by atoms with Gasteiger partial charge in [0.2, 0.25) is 5.91 Å². The molecular formula is C14H24ClN3O3. The van der Waals surface area contributed by atoms with Gasteiger partial charge in [-0.25, -0.2) is 0 Å². The van der Waals surface area contributed by atoms with Gasteiger partial charge in [0.15, 0.2) is 5.76 Å². The van der Waals surface area contributed by atoms with Crippen molar-refractivity contribution in [3.8, 4) is 0 Å². The Morgan fingerprint density at radius 2 is 2.10 bits per heavy atom. The van der Waals surface area contributed by atoms with Gasteiger partial charge in [-0.3, -0.25) is 9.59 Å². The number of nitrogens with two attached hydrogens (primary N) is 1. The van der Waals surface area contributed by atoms with Gasteiger partial charge in [0, 0.05) is 12.6 Å². The SMILES string of the molecule is CCCCC(CN)NC(=O)C(C)NC(=O)c1ccco1.Cl. The van der Waals surface area contributed by atoms with E-state index in [9.17, 15) is 9.59 Å². The Bertz CT molecular complexity index is 423.